The number of aryl methyl sites for hydroxylation is 2. The minimum absolute atomic E-state index is 0.225. The summed E-state index contributed by atoms with van der Waals surface area (Å²) in [5.74, 6) is 1.82. The average Bonchev–Trinajstić information content (AvgIpc) is 3.49. The van der Waals surface area contributed by atoms with Crippen LogP contribution in [0.15, 0.2) is 58.1 Å². The summed E-state index contributed by atoms with van der Waals surface area (Å²) in [6.07, 6.45) is 6.07. The van der Waals surface area contributed by atoms with Gasteiger partial charge in [0.1, 0.15) is 5.82 Å². The highest BCUT2D eigenvalue weighted by Gasteiger charge is 2.27. The van der Waals surface area contributed by atoms with Gasteiger partial charge in [-0.25, -0.2) is 9.78 Å². The molecule has 0 unspecified atom stereocenters. The van der Waals surface area contributed by atoms with Crippen molar-refractivity contribution in [1.29, 1.82) is 0 Å². The van der Waals surface area contributed by atoms with Gasteiger partial charge in [-0.05, 0) is 54.0 Å². The minimum atomic E-state index is -0.249. The first kappa shape index (κ1) is 25.9. The molecule has 3 heterocycles. The number of aromatic nitrogens is 8. The molecule has 3 aromatic heterocycles. The number of unbranched alkanes of at least 4 members (excludes halogenated alkanes) is 2. The fourth-order valence-electron chi connectivity index (χ4n) is 5.41. The topological polar surface area (TPSA) is 116 Å². The van der Waals surface area contributed by atoms with E-state index in [1.54, 1.807) is 4.57 Å². The molecular formula is C30H34N8O2. The third kappa shape index (κ3) is 4.89. The molecule has 0 aliphatic heterocycles. The zero-order valence-electron chi connectivity index (χ0n) is 23.0. The Balaban J connectivity index is 1.41. The normalized spacial score (nSPS) is 13.3. The van der Waals surface area contributed by atoms with E-state index in [4.69, 9.17) is 4.98 Å². The molecule has 40 heavy (non-hydrogen) atoms. The van der Waals surface area contributed by atoms with Crippen molar-refractivity contribution in [3.63, 3.8) is 0 Å². The smallest absolute Gasteiger partial charge is 0.318 e. The molecule has 206 valence electrons. The van der Waals surface area contributed by atoms with Crippen molar-refractivity contribution in [2.45, 2.75) is 72.0 Å². The molecule has 5 aromatic rings. The van der Waals surface area contributed by atoms with E-state index in [1.165, 1.54) is 4.57 Å². The summed E-state index contributed by atoms with van der Waals surface area (Å²) in [7, 11) is 0. The minimum Gasteiger partial charge on any atom is -0.318 e. The summed E-state index contributed by atoms with van der Waals surface area (Å²) in [5, 5.41) is 14.5. The molecule has 1 saturated carbocycles. The lowest BCUT2D eigenvalue weighted by molar-refractivity contribution is 0.543. The van der Waals surface area contributed by atoms with E-state index in [2.05, 4.69) is 51.8 Å². The van der Waals surface area contributed by atoms with Gasteiger partial charge in [-0.3, -0.25) is 13.9 Å². The van der Waals surface area contributed by atoms with Crippen molar-refractivity contribution in [3.05, 3.63) is 80.8 Å². The lowest BCUT2D eigenvalue weighted by Gasteiger charge is -2.13. The highest BCUT2D eigenvalue weighted by Crippen LogP contribution is 2.31. The van der Waals surface area contributed by atoms with E-state index in [-0.39, 0.29) is 11.2 Å². The van der Waals surface area contributed by atoms with Crippen LogP contribution in [0.5, 0.6) is 0 Å². The van der Waals surface area contributed by atoms with Gasteiger partial charge >= 0.3 is 5.69 Å². The van der Waals surface area contributed by atoms with Gasteiger partial charge in [-0.2, -0.15) is 5.21 Å². The average molecular weight is 539 g/mol. The van der Waals surface area contributed by atoms with Crippen molar-refractivity contribution in [2.24, 2.45) is 5.92 Å². The van der Waals surface area contributed by atoms with Crippen molar-refractivity contribution in [1.82, 2.24) is 39.3 Å². The van der Waals surface area contributed by atoms with Crippen molar-refractivity contribution in [2.75, 3.05) is 0 Å². The second-order valence-electron chi connectivity index (χ2n) is 10.6. The van der Waals surface area contributed by atoms with Crippen LogP contribution in [0, 0.1) is 5.92 Å². The quantitative estimate of drug-likeness (QED) is 0.249. The van der Waals surface area contributed by atoms with Crippen molar-refractivity contribution in [3.8, 4) is 22.5 Å². The Morgan fingerprint density at radius 1 is 0.925 bits per heavy atom. The highest BCUT2D eigenvalue weighted by molar-refractivity contribution is 5.80. The Bertz CT molecular complexity index is 1740. The lowest BCUT2D eigenvalue weighted by Crippen LogP contribution is -2.41. The predicted molar refractivity (Wildman–Crippen MR) is 154 cm³/mol. The molecule has 1 fully saturated rings. The molecule has 10 nitrogen and oxygen atoms in total. The van der Waals surface area contributed by atoms with Crippen LogP contribution in [-0.2, 0) is 26.1 Å². The number of benzene rings is 2. The second kappa shape index (κ2) is 11.0. The Labute approximate surface area is 231 Å². The number of hydrogen-bond donors (Lipinski definition) is 1. The van der Waals surface area contributed by atoms with E-state index in [0.29, 0.717) is 42.5 Å². The SMILES string of the molecule is CCCCCc1nc2c(c(=O)n(CC3CC3)c(=O)n2CC)n1Cc1ccc(-c2ccccc2-c2nn[nH]n2)cc1. The number of hydrogen-bond acceptors (Lipinski definition) is 6. The standard InChI is InChI=1S/C30H34N8O2/c1-3-5-6-11-25-31-28-26(29(39)38(19-20-12-13-20)30(40)36(28)4-2)37(25)18-21-14-16-22(17-15-21)23-9-7-8-10-24(23)27-32-34-35-33-27/h7-10,14-17,20H,3-6,11-13,18-19H2,1-2H3,(H,32,33,34,35). The number of fused-ring (bicyclic) bond motifs is 1. The molecule has 2 aromatic carbocycles. The predicted octanol–water partition coefficient (Wildman–Crippen LogP) is 4.42. The fraction of sp³-hybridized carbons (Fsp3) is 0.400. The van der Waals surface area contributed by atoms with Crippen LogP contribution >= 0.6 is 0 Å². The maximum Gasteiger partial charge on any atom is 0.332 e. The van der Waals surface area contributed by atoms with Crippen LogP contribution in [0.4, 0.5) is 0 Å². The fourth-order valence-corrected chi connectivity index (χ4v) is 5.41. The molecule has 0 saturated heterocycles. The summed E-state index contributed by atoms with van der Waals surface area (Å²) in [6, 6.07) is 16.3. The Hall–Kier alpha value is -4.34. The van der Waals surface area contributed by atoms with E-state index in [1.807, 2.05) is 35.8 Å². The van der Waals surface area contributed by atoms with Crippen LogP contribution in [0.25, 0.3) is 33.7 Å². The first-order valence-electron chi connectivity index (χ1n) is 14.2. The van der Waals surface area contributed by atoms with E-state index in [0.717, 1.165) is 66.6 Å². The third-order valence-electron chi connectivity index (χ3n) is 7.77. The lowest BCUT2D eigenvalue weighted by atomic mass is 9.98. The molecular weight excluding hydrogens is 504 g/mol. The van der Waals surface area contributed by atoms with Gasteiger partial charge in [-0.15, -0.1) is 10.2 Å². The maximum atomic E-state index is 13.8. The highest BCUT2D eigenvalue weighted by atomic mass is 16.2. The summed E-state index contributed by atoms with van der Waals surface area (Å²) >= 11 is 0. The van der Waals surface area contributed by atoms with Gasteiger partial charge in [0.15, 0.2) is 11.2 Å². The first-order chi connectivity index (χ1) is 19.6. The van der Waals surface area contributed by atoms with Crippen LogP contribution in [0.3, 0.4) is 0 Å². The van der Waals surface area contributed by atoms with E-state index >= 15 is 0 Å². The van der Waals surface area contributed by atoms with Gasteiger partial charge in [-0.1, -0.05) is 68.3 Å². The number of rotatable bonds is 11. The van der Waals surface area contributed by atoms with Crippen molar-refractivity contribution >= 4 is 11.2 Å². The molecule has 0 radical (unpaired) electrons. The Morgan fingerprint density at radius 3 is 2.38 bits per heavy atom. The van der Waals surface area contributed by atoms with Crippen LogP contribution < -0.4 is 11.2 Å². The Morgan fingerprint density at radius 2 is 1.70 bits per heavy atom. The summed E-state index contributed by atoms with van der Waals surface area (Å²) in [5.41, 5.74) is 4.56. The zero-order chi connectivity index (χ0) is 27.6. The van der Waals surface area contributed by atoms with Gasteiger partial charge in [0.2, 0.25) is 5.82 Å². The largest absolute Gasteiger partial charge is 0.332 e. The number of nitrogens with zero attached hydrogens (tertiary/aromatic N) is 7. The van der Waals surface area contributed by atoms with E-state index < -0.39 is 0 Å². The van der Waals surface area contributed by atoms with Gasteiger partial charge in [0.25, 0.3) is 5.56 Å². The van der Waals surface area contributed by atoms with Crippen LogP contribution in [0.1, 0.15) is 57.3 Å². The summed E-state index contributed by atoms with van der Waals surface area (Å²) < 4.78 is 5.15. The second-order valence-corrected chi connectivity index (χ2v) is 10.6. The van der Waals surface area contributed by atoms with Crippen LogP contribution in [0.2, 0.25) is 0 Å². The molecule has 0 bridgehead atoms. The molecule has 1 aliphatic rings. The third-order valence-corrected chi connectivity index (χ3v) is 7.77. The molecule has 10 heteroatoms. The van der Waals surface area contributed by atoms with Crippen LogP contribution in [-0.4, -0.2) is 39.3 Å². The molecule has 1 aliphatic carbocycles. The molecule has 0 amide bonds. The molecule has 0 atom stereocenters. The molecule has 6 rings (SSSR count). The first-order valence-corrected chi connectivity index (χ1v) is 14.2. The number of nitrogens with one attached hydrogen (secondary N) is 1. The summed E-state index contributed by atoms with van der Waals surface area (Å²) in [6.45, 7) is 5.57. The van der Waals surface area contributed by atoms with Crippen molar-refractivity contribution < 1.29 is 0 Å². The zero-order valence-corrected chi connectivity index (χ0v) is 23.0. The number of tetrazole rings is 1. The monoisotopic (exact) mass is 538 g/mol. The number of imidazole rings is 1. The summed E-state index contributed by atoms with van der Waals surface area (Å²) in [4.78, 5) is 32.0. The molecule has 0 spiro atoms. The van der Waals surface area contributed by atoms with E-state index in [9.17, 15) is 9.59 Å². The van der Waals surface area contributed by atoms with Gasteiger partial charge in [0.05, 0.1) is 0 Å². The number of H-pyrrole nitrogens is 1. The molecule has 1 N–H and O–H groups in total. The van der Waals surface area contributed by atoms with Gasteiger partial charge in [0, 0.05) is 31.6 Å². The Kier molecular flexibility index (Phi) is 7.15. The van der Waals surface area contributed by atoms with Gasteiger partial charge < -0.3 is 4.57 Å². The number of aromatic amines is 1. The maximum absolute atomic E-state index is 13.8.